The number of hydrogen-bond donors (Lipinski definition) is 1. The van der Waals surface area contributed by atoms with Crippen molar-refractivity contribution >= 4 is 12.6 Å². The van der Waals surface area contributed by atoms with Crippen molar-refractivity contribution in [2.24, 2.45) is 5.92 Å². The van der Waals surface area contributed by atoms with Crippen molar-refractivity contribution in [1.82, 2.24) is 9.55 Å². The molecule has 0 N–H and O–H groups in total. The zero-order chi connectivity index (χ0) is 12.8. The number of nitrogens with zero attached hydrogens (tertiary/aromatic N) is 2. The van der Waals surface area contributed by atoms with Crippen molar-refractivity contribution in [2.75, 3.05) is 5.75 Å². The summed E-state index contributed by atoms with van der Waals surface area (Å²) in [5.74, 6) is 2.61. The second-order valence-electron chi connectivity index (χ2n) is 4.61. The lowest BCUT2D eigenvalue weighted by Crippen LogP contribution is -2.12. The molecule has 1 aromatic carbocycles. The van der Waals surface area contributed by atoms with Gasteiger partial charge in [0.2, 0.25) is 0 Å². The van der Waals surface area contributed by atoms with Crippen LogP contribution in [0.4, 0.5) is 0 Å². The van der Waals surface area contributed by atoms with Gasteiger partial charge in [-0.25, -0.2) is 4.98 Å². The maximum atomic E-state index is 4.47. The molecule has 3 heteroatoms. The van der Waals surface area contributed by atoms with Crippen LogP contribution in [0.2, 0.25) is 0 Å². The van der Waals surface area contributed by atoms with Crippen LogP contribution in [-0.2, 0) is 6.54 Å². The van der Waals surface area contributed by atoms with E-state index in [1.165, 1.54) is 18.4 Å². The fourth-order valence-corrected chi connectivity index (χ4v) is 2.53. The Morgan fingerprint density at radius 3 is 2.72 bits per heavy atom. The highest BCUT2D eigenvalue weighted by atomic mass is 32.1. The van der Waals surface area contributed by atoms with Crippen molar-refractivity contribution in [3.63, 3.8) is 0 Å². The first-order chi connectivity index (χ1) is 8.85. The standard InChI is InChI=1S/C15H20N2S/c1-2-6-13(12-18)11-17-10-9-16-15(17)14-7-4-3-5-8-14/h3-5,7-10,13,18H,2,6,11-12H2,1H3. The minimum absolute atomic E-state index is 0.620. The second kappa shape index (κ2) is 6.64. The Labute approximate surface area is 114 Å². The molecule has 0 amide bonds. The fourth-order valence-electron chi connectivity index (χ4n) is 2.23. The number of benzene rings is 1. The smallest absolute Gasteiger partial charge is 0.139 e. The van der Waals surface area contributed by atoms with Crippen molar-refractivity contribution in [2.45, 2.75) is 26.3 Å². The van der Waals surface area contributed by atoms with E-state index in [2.05, 4.69) is 59.6 Å². The van der Waals surface area contributed by atoms with Gasteiger partial charge in [0.15, 0.2) is 0 Å². The van der Waals surface area contributed by atoms with E-state index >= 15 is 0 Å². The topological polar surface area (TPSA) is 17.8 Å². The molecule has 0 fully saturated rings. The van der Waals surface area contributed by atoms with E-state index < -0.39 is 0 Å². The predicted molar refractivity (Wildman–Crippen MR) is 79.9 cm³/mol. The highest BCUT2D eigenvalue weighted by Gasteiger charge is 2.10. The summed E-state index contributed by atoms with van der Waals surface area (Å²) >= 11 is 4.45. The average molecular weight is 260 g/mol. The maximum Gasteiger partial charge on any atom is 0.139 e. The Balaban J connectivity index is 2.18. The minimum atomic E-state index is 0.620. The third-order valence-corrected chi connectivity index (χ3v) is 3.67. The van der Waals surface area contributed by atoms with E-state index in [1.54, 1.807) is 0 Å². The molecule has 0 saturated carbocycles. The van der Waals surface area contributed by atoms with E-state index in [-0.39, 0.29) is 0 Å². The van der Waals surface area contributed by atoms with E-state index in [0.29, 0.717) is 5.92 Å². The Morgan fingerprint density at radius 1 is 1.28 bits per heavy atom. The van der Waals surface area contributed by atoms with Gasteiger partial charge in [0.05, 0.1) is 0 Å². The molecule has 96 valence electrons. The van der Waals surface area contributed by atoms with Gasteiger partial charge in [-0.1, -0.05) is 43.7 Å². The first kappa shape index (κ1) is 13.2. The third kappa shape index (κ3) is 3.16. The fraction of sp³-hybridized carbons (Fsp3) is 0.400. The first-order valence-corrected chi connectivity index (χ1v) is 7.15. The molecule has 2 rings (SSSR count). The molecule has 1 heterocycles. The monoisotopic (exact) mass is 260 g/mol. The van der Waals surface area contributed by atoms with Crippen LogP contribution < -0.4 is 0 Å². The molecule has 0 aliphatic rings. The van der Waals surface area contributed by atoms with Crippen molar-refractivity contribution in [3.8, 4) is 11.4 Å². The molecule has 0 aliphatic heterocycles. The normalized spacial score (nSPS) is 12.6. The summed E-state index contributed by atoms with van der Waals surface area (Å²) in [6.45, 7) is 3.23. The molecular weight excluding hydrogens is 240 g/mol. The van der Waals surface area contributed by atoms with Gasteiger partial charge in [-0.05, 0) is 18.1 Å². The van der Waals surface area contributed by atoms with Gasteiger partial charge in [0, 0.05) is 24.5 Å². The Bertz CT molecular complexity index is 464. The van der Waals surface area contributed by atoms with Crippen LogP contribution in [0.5, 0.6) is 0 Å². The predicted octanol–water partition coefficient (Wildman–Crippen LogP) is 3.90. The maximum absolute atomic E-state index is 4.47. The summed E-state index contributed by atoms with van der Waals surface area (Å²) in [6, 6.07) is 10.3. The number of hydrogen-bond acceptors (Lipinski definition) is 2. The van der Waals surface area contributed by atoms with E-state index in [0.717, 1.165) is 18.1 Å². The van der Waals surface area contributed by atoms with Gasteiger partial charge in [-0.15, -0.1) is 0 Å². The van der Waals surface area contributed by atoms with Crippen LogP contribution in [0.1, 0.15) is 19.8 Å². The average Bonchev–Trinajstić information content (AvgIpc) is 2.87. The van der Waals surface area contributed by atoms with Crippen molar-refractivity contribution in [1.29, 1.82) is 0 Å². The zero-order valence-corrected chi connectivity index (χ0v) is 11.7. The minimum Gasteiger partial charge on any atom is -0.331 e. The molecule has 1 unspecified atom stereocenters. The molecule has 1 atom stereocenters. The quantitative estimate of drug-likeness (QED) is 0.780. The highest BCUT2D eigenvalue weighted by molar-refractivity contribution is 7.80. The molecule has 2 aromatic rings. The Kier molecular flexibility index (Phi) is 4.88. The van der Waals surface area contributed by atoms with Gasteiger partial charge < -0.3 is 4.57 Å². The van der Waals surface area contributed by atoms with Crippen LogP contribution in [0.25, 0.3) is 11.4 Å². The van der Waals surface area contributed by atoms with Crippen molar-refractivity contribution < 1.29 is 0 Å². The molecule has 18 heavy (non-hydrogen) atoms. The first-order valence-electron chi connectivity index (χ1n) is 6.52. The summed E-state index contributed by atoms with van der Waals surface area (Å²) in [4.78, 5) is 4.47. The number of thiol groups is 1. The van der Waals surface area contributed by atoms with Crippen LogP contribution in [-0.4, -0.2) is 15.3 Å². The zero-order valence-electron chi connectivity index (χ0n) is 10.8. The Hall–Kier alpha value is -1.22. The van der Waals surface area contributed by atoms with Crippen LogP contribution >= 0.6 is 12.6 Å². The SMILES string of the molecule is CCCC(CS)Cn1ccnc1-c1ccccc1. The summed E-state index contributed by atoms with van der Waals surface area (Å²) in [7, 11) is 0. The molecule has 0 saturated heterocycles. The third-order valence-electron chi connectivity index (χ3n) is 3.16. The van der Waals surface area contributed by atoms with E-state index in [9.17, 15) is 0 Å². The lowest BCUT2D eigenvalue weighted by atomic mass is 10.1. The molecule has 0 bridgehead atoms. The molecular formula is C15H20N2S. The van der Waals surface area contributed by atoms with Gasteiger partial charge in [0.1, 0.15) is 5.82 Å². The van der Waals surface area contributed by atoms with Gasteiger partial charge in [-0.2, -0.15) is 12.6 Å². The van der Waals surface area contributed by atoms with E-state index in [1.807, 2.05) is 12.3 Å². The number of imidazole rings is 1. The number of rotatable bonds is 6. The van der Waals surface area contributed by atoms with Gasteiger partial charge in [0.25, 0.3) is 0 Å². The van der Waals surface area contributed by atoms with Crippen LogP contribution in [0, 0.1) is 5.92 Å². The Morgan fingerprint density at radius 2 is 2.06 bits per heavy atom. The second-order valence-corrected chi connectivity index (χ2v) is 4.97. The largest absolute Gasteiger partial charge is 0.331 e. The van der Waals surface area contributed by atoms with Crippen LogP contribution in [0.15, 0.2) is 42.7 Å². The van der Waals surface area contributed by atoms with Crippen LogP contribution in [0.3, 0.4) is 0 Å². The molecule has 2 nitrogen and oxygen atoms in total. The van der Waals surface area contributed by atoms with E-state index in [4.69, 9.17) is 0 Å². The van der Waals surface area contributed by atoms with Gasteiger partial charge in [-0.3, -0.25) is 0 Å². The van der Waals surface area contributed by atoms with Crippen molar-refractivity contribution in [3.05, 3.63) is 42.7 Å². The number of aromatic nitrogens is 2. The summed E-state index contributed by atoms with van der Waals surface area (Å²) in [5, 5.41) is 0. The molecule has 1 aromatic heterocycles. The lowest BCUT2D eigenvalue weighted by Gasteiger charge is -2.16. The van der Waals surface area contributed by atoms with Gasteiger partial charge >= 0.3 is 0 Å². The summed E-state index contributed by atoms with van der Waals surface area (Å²) < 4.78 is 2.24. The molecule has 0 spiro atoms. The summed E-state index contributed by atoms with van der Waals surface area (Å²) in [6.07, 6.45) is 6.37. The highest BCUT2D eigenvalue weighted by Crippen LogP contribution is 2.20. The molecule has 0 radical (unpaired) electrons. The molecule has 0 aliphatic carbocycles. The lowest BCUT2D eigenvalue weighted by molar-refractivity contribution is 0.456. The summed E-state index contributed by atoms with van der Waals surface area (Å²) in [5.41, 5.74) is 1.18.